The van der Waals surface area contributed by atoms with E-state index in [1.807, 2.05) is 30.3 Å². The maximum absolute atomic E-state index is 13.7. The van der Waals surface area contributed by atoms with Crippen molar-refractivity contribution in [1.29, 1.82) is 0 Å². The maximum atomic E-state index is 13.7. The van der Waals surface area contributed by atoms with Crippen LogP contribution in [0.1, 0.15) is 47.0 Å². The monoisotopic (exact) mass is 700 g/mol. The molecule has 0 bridgehead atoms. The fourth-order valence-corrected chi connectivity index (χ4v) is 5.60. The summed E-state index contributed by atoms with van der Waals surface area (Å²) in [5, 5.41) is 0. The lowest BCUT2D eigenvalue weighted by Gasteiger charge is -2.44. The van der Waals surface area contributed by atoms with Gasteiger partial charge in [-0.1, -0.05) is 103 Å². The van der Waals surface area contributed by atoms with Gasteiger partial charge in [0.15, 0.2) is 24.6 Å². The molecule has 5 aromatic rings. The van der Waals surface area contributed by atoms with E-state index in [4.69, 9.17) is 28.4 Å². The molecule has 0 aromatic heterocycles. The number of benzene rings is 5. The first-order chi connectivity index (χ1) is 25.5. The molecule has 0 unspecified atom stereocenters. The van der Waals surface area contributed by atoms with E-state index in [0.717, 1.165) is 5.56 Å². The van der Waals surface area contributed by atoms with Gasteiger partial charge < -0.3 is 28.4 Å². The average Bonchev–Trinajstić information content (AvgIpc) is 3.20. The number of rotatable bonds is 13. The van der Waals surface area contributed by atoms with Gasteiger partial charge in [-0.3, -0.25) is 0 Å². The van der Waals surface area contributed by atoms with E-state index in [1.54, 1.807) is 121 Å². The Bertz CT molecular complexity index is 1900. The number of carbonyl (C=O) groups is 4. The van der Waals surface area contributed by atoms with Gasteiger partial charge in [0, 0.05) is 0 Å². The van der Waals surface area contributed by atoms with Crippen LogP contribution in [-0.2, 0) is 34.8 Å². The molecule has 0 radical (unpaired) electrons. The summed E-state index contributed by atoms with van der Waals surface area (Å²) in [5.74, 6) is -2.97. The van der Waals surface area contributed by atoms with Crippen molar-refractivity contribution in [3.63, 3.8) is 0 Å². The molecule has 10 heteroatoms. The van der Waals surface area contributed by atoms with Crippen molar-refractivity contribution in [2.75, 3.05) is 13.2 Å². The van der Waals surface area contributed by atoms with Crippen LogP contribution in [0.25, 0.3) is 0 Å². The topological polar surface area (TPSA) is 124 Å². The highest BCUT2D eigenvalue weighted by atomic mass is 16.7. The Balaban J connectivity index is 1.37. The summed E-state index contributed by atoms with van der Waals surface area (Å²) in [4.78, 5) is 54.0. The molecule has 1 saturated heterocycles. The molecule has 52 heavy (non-hydrogen) atoms. The van der Waals surface area contributed by atoms with Crippen LogP contribution >= 0.6 is 0 Å². The molecule has 1 fully saturated rings. The molecule has 0 spiro atoms. The van der Waals surface area contributed by atoms with Crippen LogP contribution in [0.5, 0.6) is 0 Å². The van der Waals surface area contributed by atoms with E-state index in [0.29, 0.717) is 6.42 Å². The number of hydrogen-bond acceptors (Lipinski definition) is 10. The zero-order valence-corrected chi connectivity index (χ0v) is 28.0. The van der Waals surface area contributed by atoms with E-state index in [-0.39, 0.29) is 28.9 Å². The van der Waals surface area contributed by atoms with E-state index < -0.39 is 61.2 Å². The van der Waals surface area contributed by atoms with Gasteiger partial charge in [-0.15, -0.1) is 0 Å². The molecule has 6 rings (SSSR count). The van der Waals surface area contributed by atoms with Crippen molar-refractivity contribution in [2.24, 2.45) is 0 Å². The second-order valence-corrected chi connectivity index (χ2v) is 11.8. The normalized spacial score (nSPS) is 19.5. The summed E-state index contributed by atoms with van der Waals surface area (Å²) in [6.45, 7) is -0.323. The molecule has 0 saturated carbocycles. The highest BCUT2D eigenvalue weighted by Crippen LogP contribution is 2.32. The minimum atomic E-state index is -1.48. The average molecular weight is 701 g/mol. The molecule has 1 aliphatic rings. The molecule has 5 aromatic carbocycles. The van der Waals surface area contributed by atoms with Crippen LogP contribution < -0.4 is 0 Å². The van der Waals surface area contributed by atoms with Gasteiger partial charge in [-0.05, 0) is 60.5 Å². The van der Waals surface area contributed by atoms with E-state index in [9.17, 15) is 19.2 Å². The van der Waals surface area contributed by atoms with Crippen LogP contribution in [-0.4, -0.2) is 67.8 Å². The molecule has 0 aliphatic carbocycles. The van der Waals surface area contributed by atoms with Crippen molar-refractivity contribution in [3.05, 3.63) is 179 Å². The third-order valence-corrected chi connectivity index (χ3v) is 8.25. The van der Waals surface area contributed by atoms with Crippen LogP contribution in [0.15, 0.2) is 152 Å². The maximum Gasteiger partial charge on any atom is 0.338 e. The highest BCUT2D eigenvalue weighted by Gasteiger charge is 2.53. The minimum absolute atomic E-state index is 0.110. The predicted octanol–water partition coefficient (Wildman–Crippen LogP) is 6.50. The van der Waals surface area contributed by atoms with Crippen molar-refractivity contribution in [2.45, 2.75) is 37.1 Å². The number of hydrogen-bond donors (Lipinski definition) is 0. The standard InChI is InChI=1S/C42H36O10/c43-38(30-18-8-2-9-19-30)48-28-34-35(50-39(44)31-20-10-3-11-21-31)36(51-40(45)32-22-12-4-13-23-32)37(52-41(46)33-24-14-5-15-25-33)42(49-34)47-27-26-29-16-6-1-7-17-29/h1-25,34-37,42H,26-28H2/t34-,35-,36+,37-,42-/m1/s1. The van der Waals surface area contributed by atoms with Gasteiger partial charge in [0.1, 0.15) is 12.7 Å². The van der Waals surface area contributed by atoms with Crippen LogP contribution in [0.4, 0.5) is 0 Å². The van der Waals surface area contributed by atoms with Crippen LogP contribution in [0.2, 0.25) is 0 Å². The lowest BCUT2D eigenvalue weighted by atomic mass is 9.97. The second-order valence-electron chi connectivity index (χ2n) is 11.8. The molecule has 1 aliphatic heterocycles. The summed E-state index contributed by atoms with van der Waals surface area (Å²) >= 11 is 0. The summed E-state index contributed by atoms with van der Waals surface area (Å²) in [5.41, 5.74) is 1.88. The minimum Gasteiger partial charge on any atom is -0.459 e. The van der Waals surface area contributed by atoms with Crippen molar-refractivity contribution in [1.82, 2.24) is 0 Å². The Morgan fingerprint density at radius 2 is 0.846 bits per heavy atom. The van der Waals surface area contributed by atoms with E-state index >= 15 is 0 Å². The lowest BCUT2D eigenvalue weighted by molar-refractivity contribution is -0.298. The van der Waals surface area contributed by atoms with Gasteiger partial charge in [0.2, 0.25) is 0 Å². The molecular formula is C42H36O10. The number of esters is 4. The first-order valence-corrected chi connectivity index (χ1v) is 16.8. The van der Waals surface area contributed by atoms with Gasteiger partial charge in [-0.25, -0.2) is 19.2 Å². The lowest BCUT2D eigenvalue weighted by Crippen LogP contribution is -2.63. The smallest absolute Gasteiger partial charge is 0.338 e. The first kappa shape index (κ1) is 35.7. The van der Waals surface area contributed by atoms with E-state index in [1.165, 1.54) is 0 Å². The Kier molecular flexibility index (Phi) is 12.2. The molecule has 0 amide bonds. The Labute approximate surface area is 300 Å². The molecule has 5 atom stereocenters. The molecule has 264 valence electrons. The SMILES string of the molecule is O=C(OC[C@H]1O[C@@H](OCCc2ccccc2)[C@H](OC(=O)c2ccccc2)[C@@H](OC(=O)c2ccccc2)[C@@H]1OC(=O)c1ccccc1)c1ccccc1. The van der Waals surface area contributed by atoms with Crippen LogP contribution in [0.3, 0.4) is 0 Å². The largest absolute Gasteiger partial charge is 0.459 e. The zero-order chi connectivity index (χ0) is 36.1. The van der Waals surface area contributed by atoms with Crippen molar-refractivity contribution in [3.8, 4) is 0 Å². The molecule has 10 nitrogen and oxygen atoms in total. The summed E-state index contributed by atoms with van der Waals surface area (Å²) in [6.07, 6.45) is -6.48. The Morgan fingerprint density at radius 1 is 0.462 bits per heavy atom. The molecule has 1 heterocycles. The van der Waals surface area contributed by atoms with E-state index in [2.05, 4.69) is 0 Å². The van der Waals surface area contributed by atoms with Gasteiger partial charge in [0.05, 0.1) is 28.9 Å². The third kappa shape index (κ3) is 9.36. The first-order valence-electron chi connectivity index (χ1n) is 16.8. The quantitative estimate of drug-likeness (QED) is 0.0993. The van der Waals surface area contributed by atoms with Gasteiger partial charge in [0.25, 0.3) is 0 Å². The molecular weight excluding hydrogens is 664 g/mol. The Morgan fingerprint density at radius 3 is 1.31 bits per heavy atom. The second kappa shape index (κ2) is 17.7. The highest BCUT2D eigenvalue weighted by molar-refractivity contribution is 5.91. The zero-order valence-electron chi connectivity index (χ0n) is 28.0. The van der Waals surface area contributed by atoms with Gasteiger partial charge in [-0.2, -0.15) is 0 Å². The predicted molar refractivity (Wildman–Crippen MR) is 188 cm³/mol. The number of carbonyl (C=O) groups excluding carboxylic acids is 4. The molecule has 0 N–H and O–H groups in total. The van der Waals surface area contributed by atoms with Crippen molar-refractivity contribution < 1.29 is 47.6 Å². The summed E-state index contributed by atoms with van der Waals surface area (Å²) in [6, 6.07) is 42.6. The van der Waals surface area contributed by atoms with Gasteiger partial charge >= 0.3 is 23.9 Å². The summed E-state index contributed by atoms with van der Waals surface area (Å²) in [7, 11) is 0. The number of ether oxygens (including phenoxy) is 6. The fourth-order valence-electron chi connectivity index (χ4n) is 5.60. The summed E-state index contributed by atoms with van der Waals surface area (Å²) < 4.78 is 36.5. The Hall–Kier alpha value is -6.10. The van der Waals surface area contributed by atoms with Crippen LogP contribution in [0, 0.1) is 0 Å². The third-order valence-electron chi connectivity index (χ3n) is 8.25. The fraction of sp³-hybridized carbons (Fsp3) is 0.190. The van der Waals surface area contributed by atoms with Crippen molar-refractivity contribution >= 4 is 23.9 Å².